The van der Waals surface area contributed by atoms with E-state index in [0.717, 1.165) is 18.8 Å². The zero-order valence-electron chi connectivity index (χ0n) is 12.5. The Morgan fingerprint density at radius 2 is 2.00 bits per heavy atom. The van der Waals surface area contributed by atoms with E-state index in [-0.39, 0.29) is 6.04 Å². The molecule has 5 nitrogen and oxygen atoms in total. The first-order valence-electron chi connectivity index (χ1n) is 6.72. The van der Waals surface area contributed by atoms with Gasteiger partial charge < -0.3 is 9.88 Å². The molecule has 0 bridgehead atoms. The van der Waals surface area contributed by atoms with Gasteiger partial charge in [-0.1, -0.05) is 6.92 Å². The molecule has 0 aromatic carbocycles. The van der Waals surface area contributed by atoms with E-state index in [1.54, 1.807) is 19.3 Å². The lowest BCUT2D eigenvalue weighted by Crippen LogP contribution is -2.32. The normalized spacial score (nSPS) is 12.6. The topological polar surface area (TPSA) is 54.3 Å². The molecule has 0 amide bonds. The molecule has 0 fully saturated rings. The van der Waals surface area contributed by atoms with E-state index < -0.39 is 10.0 Å². The van der Waals surface area contributed by atoms with Gasteiger partial charge in [0.05, 0.1) is 0 Å². The molecule has 0 aliphatic heterocycles. The van der Waals surface area contributed by atoms with Crippen LogP contribution >= 0.6 is 0 Å². The van der Waals surface area contributed by atoms with Crippen LogP contribution in [0.15, 0.2) is 17.2 Å². The predicted octanol–water partition coefficient (Wildman–Crippen LogP) is 1.65. The molecule has 0 unspecified atom stereocenters. The summed E-state index contributed by atoms with van der Waals surface area (Å²) in [5, 5.41) is 3.23. The second kappa shape index (κ2) is 6.54. The van der Waals surface area contributed by atoms with Crippen molar-refractivity contribution in [1.82, 2.24) is 14.2 Å². The van der Waals surface area contributed by atoms with Gasteiger partial charge in [-0.15, -0.1) is 0 Å². The Morgan fingerprint density at radius 3 is 2.47 bits per heavy atom. The summed E-state index contributed by atoms with van der Waals surface area (Å²) in [6.07, 6.45) is 1.72. The highest BCUT2D eigenvalue weighted by Crippen LogP contribution is 2.19. The predicted molar refractivity (Wildman–Crippen MR) is 77.6 cm³/mol. The van der Waals surface area contributed by atoms with E-state index in [2.05, 4.69) is 5.32 Å². The van der Waals surface area contributed by atoms with Crippen molar-refractivity contribution in [3.63, 3.8) is 0 Å². The first-order valence-corrected chi connectivity index (χ1v) is 8.16. The fourth-order valence-corrected chi connectivity index (χ4v) is 3.24. The van der Waals surface area contributed by atoms with Gasteiger partial charge in [0.1, 0.15) is 4.90 Å². The minimum absolute atomic E-state index is 0.0489. The van der Waals surface area contributed by atoms with Crippen molar-refractivity contribution < 1.29 is 8.42 Å². The molecule has 1 aromatic heterocycles. The quantitative estimate of drug-likeness (QED) is 0.829. The third-order valence-corrected chi connectivity index (χ3v) is 5.26. The fraction of sp³-hybridized carbons (Fsp3) is 0.692. The van der Waals surface area contributed by atoms with Crippen LogP contribution in [0, 0.1) is 0 Å². The molecule has 0 aliphatic carbocycles. The number of nitrogens with one attached hydrogen (secondary N) is 1. The standard InChI is InChI=1S/C13H25N3O2S/c1-6-14-9-12-8-13(10-16(12)7-2)19(17,18)15(5)11(3)4/h8,10-11,14H,6-7,9H2,1-5H3. The molecule has 110 valence electrons. The van der Waals surface area contributed by atoms with Gasteiger partial charge in [0.25, 0.3) is 0 Å². The maximum absolute atomic E-state index is 12.4. The number of rotatable bonds is 7. The highest BCUT2D eigenvalue weighted by molar-refractivity contribution is 7.89. The molecule has 1 aromatic rings. The van der Waals surface area contributed by atoms with Crippen molar-refractivity contribution in [3.8, 4) is 0 Å². The van der Waals surface area contributed by atoms with Crippen molar-refractivity contribution >= 4 is 10.0 Å². The number of sulfonamides is 1. The van der Waals surface area contributed by atoms with Crippen LogP contribution in [0.25, 0.3) is 0 Å². The number of aromatic nitrogens is 1. The largest absolute Gasteiger partial charge is 0.349 e. The lowest BCUT2D eigenvalue weighted by atomic mass is 10.4. The molecular formula is C13H25N3O2S. The van der Waals surface area contributed by atoms with E-state index in [1.165, 1.54) is 4.31 Å². The van der Waals surface area contributed by atoms with Crippen LogP contribution < -0.4 is 5.32 Å². The Labute approximate surface area is 116 Å². The molecule has 1 heterocycles. The zero-order chi connectivity index (χ0) is 14.6. The van der Waals surface area contributed by atoms with Crippen molar-refractivity contribution in [1.29, 1.82) is 0 Å². The summed E-state index contributed by atoms with van der Waals surface area (Å²) in [4.78, 5) is 0.374. The molecule has 0 saturated carbocycles. The summed E-state index contributed by atoms with van der Waals surface area (Å²) < 4.78 is 28.2. The van der Waals surface area contributed by atoms with Crippen molar-refractivity contribution in [3.05, 3.63) is 18.0 Å². The number of hydrogen-bond acceptors (Lipinski definition) is 3. The first-order chi connectivity index (χ1) is 8.84. The van der Waals surface area contributed by atoms with Crippen LogP contribution in [0.1, 0.15) is 33.4 Å². The number of aryl methyl sites for hydroxylation is 1. The van der Waals surface area contributed by atoms with E-state index in [0.29, 0.717) is 11.4 Å². The lowest BCUT2D eigenvalue weighted by Gasteiger charge is -2.19. The SMILES string of the molecule is CCNCc1cc(S(=O)(=O)N(C)C(C)C)cn1CC. The maximum atomic E-state index is 12.4. The van der Waals surface area contributed by atoms with Gasteiger partial charge in [-0.25, -0.2) is 8.42 Å². The second-order valence-electron chi connectivity index (χ2n) is 4.85. The summed E-state index contributed by atoms with van der Waals surface area (Å²) in [5.74, 6) is 0. The third-order valence-electron chi connectivity index (χ3n) is 3.26. The van der Waals surface area contributed by atoms with Crippen molar-refractivity contribution in [2.45, 2.75) is 51.7 Å². The minimum Gasteiger partial charge on any atom is -0.349 e. The highest BCUT2D eigenvalue weighted by atomic mass is 32.2. The van der Waals surface area contributed by atoms with Gasteiger partial charge in [-0.2, -0.15) is 4.31 Å². The third kappa shape index (κ3) is 3.58. The highest BCUT2D eigenvalue weighted by Gasteiger charge is 2.25. The number of hydrogen-bond donors (Lipinski definition) is 1. The van der Waals surface area contributed by atoms with Crippen LogP contribution in [0.4, 0.5) is 0 Å². The van der Waals surface area contributed by atoms with Crippen molar-refractivity contribution in [2.75, 3.05) is 13.6 Å². The average molecular weight is 287 g/mol. The van der Waals surface area contributed by atoms with Crippen LogP contribution in [0.2, 0.25) is 0 Å². The smallest absolute Gasteiger partial charge is 0.244 e. The second-order valence-corrected chi connectivity index (χ2v) is 6.85. The van der Waals surface area contributed by atoms with Crippen LogP contribution in [-0.2, 0) is 23.1 Å². The Balaban J connectivity index is 3.11. The zero-order valence-corrected chi connectivity index (χ0v) is 13.3. The Morgan fingerprint density at radius 1 is 1.37 bits per heavy atom. The molecule has 1 rings (SSSR count). The van der Waals surface area contributed by atoms with E-state index >= 15 is 0 Å². The fourth-order valence-electron chi connectivity index (χ4n) is 1.81. The van der Waals surface area contributed by atoms with Gasteiger partial charge >= 0.3 is 0 Å². The molecule has 0 spiro atoms. The van der Waals surface area contributed by atoms with Crippen LogP contribution in [-0.4, -0.2) is 36.9 Å². The van der Waals surface area contributed by atoms with Gasteiger partial charge in [0.2, 0.25) is 10.0 Å². The van der Waals surface area contributed by atoms with Gasteiger partial charge in [0.15, 0.2) is 0 Å². The Kier molecular flexibility index (Phi) is 5.58. The van der Waals surface area contributed by atoms with Gasteiger partial charge in [0, 0.05) is 38.1 Å². The molecule has 6 heteroatoms. The monoisotopic (exact) mass is 287 g/mol. The van der Waals surface area contributed by atoms with E-state index in [9.17, 15) is 8.42 Å². The van der Waals surface area contributed by atoms with Crippen LogP contribution in [0.5, 0.6) is 0 Å². The lowest BCUT2D eigenvalue weighted by molar-refractivity contribution is 0.410. The van der Waals surface area contributed by atoms with Gasteiger partial charge in [-0.05, 0) is 33.4 Å². The summed E-state index contributed by atoms with van der Waals surface area (Å²) in [6, 6.07) is 1.72. The van der Waals surface area contributed by atoms with Gasteiger partial charge in [-0.3, -0.25) is 0 Å². The summed E-state index contributed by atoms with van der Waals surface area (Å²) >= 11 is 0. The summed E-state index contributed by atoms with van der Waals surface area (Å²) in [7, 11) is -1.77. The summed E-state index contributed by atoms with van der Waals surface area (Å²) in [5.41, 5.74) is 1.00. The molecule has 0 aliphatic rings. The average Bonchev–Trinajstić information content (AvgIpc) is 2.78. The van der Waals surface area contributed by atoms with Crippen molar-refractivity contribution in [2.24, 2.45) is 0 Å². The van der Waals surface area contributed by atoms with E-state index in [1.807, 2.05) is 32.3 Å². The molecule has 1 N–H and O–H groups in total. The van der Waals surface area contributed by atoms with E-state index in [4.69, 9.17) is 0 Å². The molecule has 0 atom stereocenters. The molecular weight excluding hydrogens is 262 g/mol. The minimum atomic E-state index is -3.39. The Bertz CT molecular complexity index is 506. The molecule has 0 saturated heterocycles. The van der Waals surface area contributed by atoms with Crippen LogP contribution in [0.3, 0.4) is 0 Å². The molecule has 0 radical (unpaired) electrons. The Hall–Kier alpha value is -0.850. The first kappa shape index (κ1) is 16.2. The summed E-state index contributed by atoms with van der Waals surface area (Å²) in [6.45, 7) is 10.1. The number of nitrogens with zero attached hydrogens (tertiary/aromatic N) is 2. The maximum Gasteiger partial charge on any atom is 0.244 e. The molecule has 19 heavy (non-hydrogen) atoms.